The summed E-state index contributed by atoms with van der Waals surface area (Å²) in [5.41, 5.74) is 0. The number of hydrogen-bond acceptors (Lipinski definition) is 3. The predicted octanol–water partition coefficient (Wildman–Crippen LogP) is 1.70. The number of carbonyl (C=O) groups is 1. The molecular weight excluding hydrogens is 168 g/mol. The smallest absolute Gasteiger partial charge is 0.330 e. The Morgan fingerprint density at radius 3 is 2.85 bits per heavy atom. The van der Waals surface area contributed by atoms with Crippen molar-refractivity contribution in [3.63, 3.8) is 0 Å². The number of ether oxygens (including phenoxy) is 2. The molecule has 3 nitrogen and oxygen atoms in total. The third kappa shape index (κ3) is 8.82. The topological polar surface area (TPSA) is 35.5 Å². The van der Waals surface area contributed by atoms with Crippen LogP contribution in [0.4, 0.5) is 0 Å². The summed E-state index contributed by atoms with van der Waals surface area (Å²) in [5, 5.41) is 0. The van der Waals surface area contributed by atoms with Gasteiger partial charge in [0.05, 0.1) is 19.8 Å². The summed E-state index contributed by atoms with van der Waals surface area (Å²) in [5.74, 6) is -0.300. The molecule has 0 N–H and O–H groups in total. The molecule has 0 aliphatic heterocycles. The molecule has 0 fully saturated rings. The highest BCUT2D eigenvalue weighted by molar-refractivity contribution is 5.81. The molecule has 74 valence electrons. The van der Waals surface area contributed by atoms with E-state index in [9.17, 15) is 4.79 Å². The van der Waals surface area contributed by atoms with Crippen molar-refractivity contribution in [1.82, 2.24) is 0 Å². The van der Waals surface area contributed by atoms with E-state index in [0.717, 1.165) is 6.42 Å². The average molecular weight is 184 g/mol. The van der Waals surface area contributed by atoms with Crippen LogP contribution < -0.4 is 0 Å². The van der Waals surface area contributed by atoms with E-state index >= 15 is 0 Å². The SMILES string of the molecule is C=CCOCCCOC(=O)C=CC. The van der Waals surface area contributed by atoms with Crippen molar-refractivity contribution in [1.29, 1.82) is 0 Å². The lowest BCUT2D eigenvalue weighted by molar-refractivity contribution is -0.138. The molecule has 0 rings (SSSR count). The summed E-state index contributed by atoms with van der Waals surface area (Å²) in [6.07, 6.45) is 5.45. The number of allylic oxidation sites excluding steroid dienone is 1. The minimum Gasteiger partial charge on any atom is -0.462 e. The van der Waals surface area contributed by atoms with Crippen LogP contribution in [0, 0.1) is 0 Å². The molecule has 13 heavy (non-hydrogen) atoms. The van der Waals surface area contributed by atoms with Crippen molar-refractivity contribution in [2.24, 2.45) is 0 Å². The molecule has 0 aromatic heterocycles. The van der Waals surface area contributed by atoms with Crippen molar-refractivity contribution in [2.75, 3.05) is 19.8 Å². The molecule has 0 radical (unpaired) electrons. The maximum Gasteiger partial charge on any atom is 0.330 e. The van der Waals surface area contributed by atoms with Gasteiger partial charge < -0.3 is 9.47 Å². The predicted molar refractivity (Wildman–Crippen MR) is 51.4 cm³/mol. The van der Waals surface area contributed by atoms with Crippen molar-refractivity contribution in [2.45, 2.75) is 13.3 Å². The molecule has 0 aromatic carbocycles. The molecule has 0 atom stereocenters. The zero-order chi connectivity index (χ0) is 9.94. The number of hydrogen-bond donors (Lipinski definition) is 0. The molecule has 0 aliphatic carbocycles. The first-order valence-corrected chi connectivity index (χ1v) is 4.29. The lowest BCUT2D eigenvalue weighted by Crippen LogP contribution is -2.05. The van der Waals surface area contributed by atoms with Crippen LogP contribution in [-0.4, -0.2) is 25.8 Å². The fraction of sp³-hybridized carbons (Fsp3) is 0.500. The average Bonchev–Trinajstić information content (AvgIpc) is 2.11. The second kappa shape index (κ2) is 9.00. The van der Waals surface area contributed by atoms with Gasteiger partial charge in [0.25, 0.3) is 0 Å². The van der Waals surface area contributed by atoms with Crippen LogP contribution in [0.2, 0.25) is 0 Å². The second-order valence-electron chi connectivity index (χ2n) is 2.38. The molecule has 0 unspecified atom stereocenters. The highest BCUT2D eigenvalue weighted by atomic mass is 16.5. The van der Waals surface area contributed by atoms with Crippen LogP contribution >= 0.6 is 0 Å². The molecule has 0 saturated carbocycles. The van der Waals surface area contributed by atoms with Crippen LogP contribution in [0.15, 0.2) is 24.8 Å². The molecule has 0 spiro atoms. The molecule has 0 heterocycles. The molecule has 0 bridgehead atoms. The van der Waals surface area contributed by atoms with E-state index in [4.69, 9.17) is 9.47 Å². The Morgan fingerprint density at radius 2 is 2.23 bits per heavy atom. The van der Waals surface area contributed by atoms with Crippen LogP contribution in [0.3, 0.4) is 0 Å². The number of carbonyl (C=O) groups excluding carboxylic acids is 1. The summed E-state index contributed by atoms with van der Waals surface area (Å²) in [6.45, 7) is 6.82. The normalized spacial score (nSPS) is 10.2. The first-order chi connectivity index (χ1) is 6.31. The minimum atomic E-state index is -0.300. The monoisotopic (exact) mass is 184 g/mol. The van der Waals surface area contributed by atoms with Gasteiger partial charge in [0.15, 0.2) is 0 Å². The summed E-state index contributed by atoms with van der Waals surface area (Å²) in [6, 6.07) is 0. The van der Waals surface area contributed by atoms with Crippen LogP contribution in [0.5, 0.6) is 0 Å². The minimum absolute atomic E-state index is 0.300. The van der Waals surface area contributed by atoms with E-state index in [1.54, 1.807) is 19.1 Å². The maximum absolute atomic E-state index is 10.8. The Kier molecular flexibility index (Phi) is 8.25. The molecule has 0 amide bonds. The standard InChI is InChI=1S/C10H16O3/c1-3-6-10(11)13-9-5-8-12-7-4-2/h3-4,6H,2,5,7-9H2,1H3. The Balaban J connectivity index is 3.15. The highest BCUT2D eigenvalue weighted by Crippen LogP contribution is 1.87. The lowest BCUT2D eigenvalue weighted by atomic mass is 10.5. The third-order valence-corrected chi connectivity index (χ3v) is 1.22. The van der Waals surface area contributed by atoms with Crippen molar-refractivity contribution in [3.8, 4) is 0 Å². The van der Waals surface area contributed by atoms with Crippen LogP contribution in [-0.2, 0) is 14.3 Å². The Labute approximate surface area is 79.0 Å². The highest BCUT2D eigenvalue weighted by Gasteiger charge is 1.94. The van der Waals surface area contributed by atoms with Gasteiger partial charge in [-0.3, -0.25) is 0 Å². The third-order valence-electron chi connectivity index (χ3n) is 1.22. The van der Waals surface area contributed by atoms with Crippen molar-refractivity contribution in [3.05, 3.63) is 24.8 Å². The largest absolute Gasteiger partial charge is 0.462 e. The molecular formula is C10H16O3. The molecule has 0 aromatic rings. The number of rotatable bonds is 7. The van der Waals surface area contributed by atoms with E-state index in [2.05, 4.69) is 6.58 Å². The van der Waals surface area contributed by atoms with Crippen LogP contribution in [0.1, 0.15) is 13.3 Å². The van der Waals surface area contributed by atoms with Gasteiger partial charge in [-0.2, -0.15) is 0 Å². The Morgan fingerprint density at radius 1 is 1.46 bits per heavy atom. The zero-order valence-corrected chi connectivity index (χ0v) is 7.99. The van der Waals surface area contributed by atoms with E-state index in [1.165, 1.54) is 6.08 Å². The second-order valence-corrected chi connectivity index (χ2v) is 2.38. The van der Waals surface area contributed by atoms with Gasteiger partial charge in [-0.1, -0.05) is 12.2 Å². The van der Waals surface area contributed by atoms with Gasteiger partial charge in [-0.05, 0) is 6.92 Å². The van der Waals surface area contributed by atoms with E-state index < -0.39 is 0 Å². The molecule has 3 heteroatoms. The van der Waals surface area contributed by atoms with E-state index in [1.807, 2.05) is 0 Å². The first-order valence-electron chi connectivity index (χ1n) is 4.29. The number of esters is 1. The molecule has 0 saturated heterocycles. The fourth-order valence-electron chi connectivity index (χ4n) is 0.685. The summed E-state index contributed by atoms with van der Waals surface area (Å²) in [7, 11) is 0. The van der Waals surface area contributed by atoms with Gasteiger partial charge in [0.1, 0.15) is 0 Å². The Hall–Kier alpha value is -1.09. The van der Waals surface area contributed by atoms with Crippen molar-refractivity contribution >= 4 is 5.97 Å². The summed E-state index contributed by atoms with van der Waals surface area (Å²) in [4.78, 5) is 10.8. The lowest BCUT2D eigenvalue weighted by Gasteiger charge is -2.01. The Bertz CT molecular complexity index is 173. The first kappa shape index (κ1) is 11.9. The summed E-state index contributed by atoms with van der Waals surface area (Å²) < 4.78 is 9.93. The zero-order valence-electron chi connectivity index (χ0n) is 7.99. The van der Waals surface area contributed by atoms with Gasteiger partial charge >= 0.3 is 5.97 Å². The van der Waals surface area contributed by atoms with Gasteiger partial charge in [0.2, 0.25) is 0 Å². The van der Waals surface area contributed by atoms with E-state index in [0.29, 0.717) is 19.8 Å². The van der Waals surface area contributed by atoms with E-state index in [-0.39, 0.29) is 5.97 Å². The van der Waals surface area contributed by atoms with Gasteiger partial charge in [0, 0.05) is 12.5 Å². The summed E-state index contributed by atoms with van der Waals surface area (Å²) >= 11 is 0. The maximum atomic E-state index is 10.8. The molecule has 0 aliphatic rings. The van der Waals surface area contributed by atoms with Gasteiger partial charge in [-0.25, -0.2) is 4.79 Å². The van der Waals surface area contributed by atoms with Gasteiger partial charge in [-0.15, -0.1) is 6.58 Å². The van der Waals surface area contributed by atoms with Crippen LogP contribution in [0.25, 0.3) is 0 Å². The fourth-order valence-corrected chi connectivity index (χ4v) is 0.685. The quantitative estimate of drug-likeness (QED) is 0.261. The van der Waals surface area contributed by atoms with Crippen molar-refractivity contribution < 1.29 is 14.3 Å².